The summed E-state index contributed by atoms with van der Waals surface area (Å²) in [6.07, 6.45) is 2.43. The van der Waals surface area contributed by atoms with E-state index in [1.165, 1.54) is 0 Å². The lowest BCUT2D eigenvalue weighted by Gasteiger charge is -2.11. The Morgan fingerprint density at radius 1 is 1.24 bits per heavy atom. The van der Waals surface area contributed by atoms with Crippen molar-refractivity contribution in [1.82, 2.24) is 0 Å². The fraction of sp³-hybridized carbons (Fsp3) is 0.462. The minimum Gasteiger partial charge on any atom is -0.496 e. The Morgan fingerprint density at radius 2 is 1.88 bits per heavy atom. The van der Waals surface area contributed by atoms with E-state index in [1.54, 1.807) is 26.4 Å². The molecule has 0 aliphatic heterocycles. The summed E-state index contributed by atoms with van der Waals surface area (Å²) in [7, 11) is 3.14. The number of rotatable bonds is 6. The first-order chi connectivity index (χ1) is 8.13. The van der Waals surface area contributed by atoms with Crippen molar-refractivity contribution in [3.8, 4) is 11.5 Å². The molecule has 0 spiro atoms. The molecule has 0 heterocycles. The van der Waals surface area contributed by atoms with Gasteiger partial charge in [-0.25, -0.2) is 0 Å². The normalized spacial score (nSPS) is 10.1. The Kier molecular flexibility index (Phi) is 5.48. The van der Waals surface area contributed by atoms with Crippen molar-refractivity contribution >= 4 is 21.7 Å². The van der Waals surface area contributed by atoms with E-state index in [2.05, 4.69) is 22.9 Å². The van der Waals surface area contributed by atoms with Gasteiger partial charge in [0.15, 0.2) is 5.78 Å². The van der Waals surface area contributed by atoms with Gasteiger partial charge in [-0.05, 0) is 34.5 Å². The van der Waals surface area contributed by atoms with Crippen LogP contribution in [0.25, 0.3) is 0 Å². The Balaban J connectivity index is 3.07. The smallest absolute Gasteiger partial charge is 0.166 e. The van der Waals surface area contributed by atoms with Crippen LogP contribution >= 0.6 is 15.9 Å². The quantitative estimate of drug-likeness (QED) is 0.749. The highest BCUT2D eigenvalue weighted by atomic mass is 79.9. The van der Waals surface area contributed by atoms with Gasteiger partial charge in [-0.3, -0.25) is 4.79 Å². The molecule has 0 aromatic heterocycles. The van der Waals surface area contributed by atoms with Gasteiger partial charge in [0.1, 0.15) is 11.5 Å². The van der Waals surface area contributed by atoms with Gasteiger partial charge in [-0.15, -0.1) is 0 Å². The number of carbonyl (C=O) groups is 1. The fourth-order valence-corrected chi connectivity index (χ4v) is 2.03. The van der Waals surface area contributed by atoms with Crippen molar-refractivity contribution in [2.24, 2.45) is 0 Å². The summed E-state index contributed by atoms with van der Waals surface area (Å²) in [4.78, 5) is 12.0. The second kappa shape index (κ2) is 6.64. The van der Waals surface area contributed by atoms with E-state index in [1.807, 2.05) is 0 Å². The summed E-state index contributed by atoms with van der Waals surface area (Å²) in [5.41, 5.74) is 0.584. The molecule has 0 N–H and O–H groups in total. The minimum absolute atomic E-state index is 0.0921. The SMILES string of the molecule is CCCCC(=O)c1cc(OC)c(Br)cc1OC. The molecular formula is C13H17BrO3. The van der Waals surface area contributed by atoms with Gasteiger partial charge in [-0.1, -0.05) is 13.3 Å². The van der Waals surface area contributed by atoms with E-state index in [0.29, 0.717) is 23.5 Å². The van der Waals surface area contributed by atoms with Crippen LogP contribution in [0.1, 0.15) is 36.5 Å². The third kappa shape index (κ3) is 3.46. The summed E-state index contributed by atoms with van der Waals surface area (Å²) in [5.74, 6) is 1.32. The summed E-state index contributed by atoms with van der Waals surface area (Å²) < 4.78 is 11.2. The Labute approximate surface area is 110 Å². The van der Waals surface area contributed by atoms with Crippen molar-refractivity contribution in [3.05, 3.63) is 22.2 Å². The predicted molar refractivity (Wildman–Crippen MR) is 71.1 cm³/mol. The molecule has 0 atom stereocenters. The largest absolute Gasteiger partial charge is 0.496 e. The molecule has 17 heavy (non-hydrogen) atoms. The van der Waals surface area contributed by atoms with Crippen molar-refractivity contribution in [2.75, 3.05) is 14.2 Å². The van der Waals surface area contributed by atoms with E-state index < -0.39 is 0 Å². The first-order valence-corrected chi connectivity index (χ1v) is 6.38. The molecule has 0 radical (unpaired) electrons. The maximum absolute atomic E-state index is 12.0. The highest BCUT2D eigenvalue weighted by Crippen LogP contribution is 2.33. The summed E-state index contributed by atoms with van der Waals surface area (Å²) in [6, 6.07) is 3.49. The van der Waals surface area contributed by atoms with Crippen molar-refractivity contribution in [1.29, 1.82) is 0 Å². The van der Waals surface area contributed by atoms with Crippen LogP contribution in [-0.4, -0.2) is 20.0 Å². The van der Waals surface area contributed by atoms with Crippen molar-refractivity contribution in [2.45, 2.75) is 26.2 Å². The predicted octanol–water partition coefficient (Wildman–Crippen LogP) is 3.84. The molecule has 0 aliphatic rings. The topological polar surface area (TPSA) is 35.5 Å². The number of benzene rings is 1. The second-order valence-corrected chi connectivity index (χ2v) is 4.57. The second-order valence-electron chi connectivity index (χ2n) is 3.71. The zero-order chi connectivity index (χ0) is 12.8. The third-order valence-electron chi connectivity index (χ3n) is 2.53. The van der Waals surface area contributed by atoms with Crippen molar-refractivity contribution in [3.63, 3.8) is 0 Å². The van der Waals surface area contributed by atoms with Gasteiger partial charge in [0.2, 0.25) is 0 Å². The number of hydrogen-bond donors (Lipinski definition) is 0. The molecule has 94 valence electrons. The lowest BCUT2D eigenvalue weighted by atomic mass is 10.0. The first-order valence-electron chi connectivity index (χ1n) is 5.58. The number of unbranched alkanes of at least 4 members (excludes halogenated alkanes) is 1. The molecule has 0 unspecified atom stereocenters. The van der Waals surface area contributed by atoms with Gasteiger partial charge in [0.25, 0.3) is 0 Å². The van der Waals surface area contributed by atoms with Crippen LogP contribution in [0.2, 0.25) is 0 Å². The lowest BCUT2D eigenvalue weighted by molar-refractivity contribution is 0.0976. The van der Waals surface area contributed by atoms with Crippen molar-refractivity contribution < 1.29 is 14.3 Å². The zero-order valence-electron chi connectivity index (χ0n) is 10.4. The Hall–Kier alpha value is -1.03. The molecule has 3 nitrogen and oxygen atoms in total. The van der Waals surface area contributed by atoms with E-state index in [-0.39, 0.29) is 5.78 Å². The van der Waals surface area contributed by atoms with Gasteiger partial charge >= 0.3 is 0 Å². The van der Waals surface area contributed by atoms with Gasteiger partial charge in [0, 0.05) is 6.42 Å². The zero-order valence-corrected chi connectivity index (χ0v) is 12.0. The third-order valence-corrected chi connectivity index (χ3v) is 3.15. The molecule has 4 heteroatoms. The molecule has 0 saturated carbocycles. The van der Waals surface area contributed by atoms with Crippen LogP contribution < -0.4 is 9.47 Å². The molecule has 0 fully saturated rings. The monoisotopic (exact) mass is 300 g/mol. The fourth-order valence-electron chi connectivity index (χ4n) is 1.55. The Bertz CT molecular complexity index is 402. The summed E-state index contributed by atoms with van der Waals surface area (Å²) in [6.45, 7) is 2.06. The number of carbonyl (C=O) groups excluding carboxylic acids is 1. The summed E-state index contributed by atoms with van der Waals surface area (Å²) in [5, 5.41) is 0. The minimum atomic E-state index is 0.0921. The highest BCUT2D eigenvalue weighted by Gasteiger charge is 2.15. The maximum atomic E-state index is 12.0. The van der Waals surface area contributed by atoms with E-state index in [0.717, 1.165) is 17.3 Å². The van der Waals surface area contributed by atoms with Gasteiger partial charge in [0.05, 0.1) is 24.3 Å². The number of hydrogen-bond acceptors (Lipinski definition) is 3. The van der Waals surface area contributed by atoms with Gasteiger partial charge in [-0.2, -0.15) is 0 Å². The molecular weight excluding hydrogens is 284 g/mol. The maximum Gasteiger partial charge on any atom is 0.166 e. The lowest BCUT2D eigenvalue weighted by Crippen LogP contribution is -2.03. The van der Waals surface area contributed by atoms with Gasteiger partial charge < -0.3 is 9.47 Å². The highest BCUT2D eigenvalue weighted by molar-refractivity contribution is 9.10. The molecule has 0 bridgehead atoms. The van der Waals surface area contributed by atoms with E-state index >= 15 is 0 Å². The van der Waals surface area contributed by atoms with E-state index in [4.69, 9.17) is 9.47 Å². The molecule has 0 aliphatic carbocycles. The molecule has 1 aromatic carbocycles. The number of ketones is 1. The molecule has 0 saturated heterocycles. The number of Topliss-reactive ketones (excluding diaryl/α,β-unsaturated/α-hetero) is 1. The number of halogens is 1. The number of ether oxygens (including phenoxy) is 2. The van der Waals surface area contributed by atoms with Crippen LogP contribution in [0.5, 0.6) is 11.5 Å². The van der Waals surface area contributed by atoms with Crippen LogP contribution in [0.4, 0.5) is 0 Å². The number of methoxy groups -OCH3 is 2. The average Bonchev–Trinajstić information content (AvgIpc) is 2.35. The molecule has 1 rings (SSSR count). The molecule has 0 amide bonds. The molecule has 1 aromatic rings. The Morgan fingerprint density at radius 3 is 2.41 bits per heavy atom. The summed E-state index contributed by atoms with van der Waals surface area (Å²) >= 11 is 3.37. The first kappa shape index (κ1) is 14.0. The van der Waals surface area contributed by atoms with Crippen LogP contribution in [0, 0.1) is 0 Å². The van der Waals surface area contributed by atoms with Crippen LogP contribution in [0.3, 0.4) is 0 Å². The van der Waals surface area contributed by atoms with E-state index in [9.17, 15) is 4.79 Å². The standard InChI is InChI=1S/C13H17BrO3/c1-4-5-6-11(15)9-7-13(17-3)10(14)8-12(9)16-2/h7-8H,4-6H2,1-3H3. The van der Waals surface area contributed by atoms with Crippen LogP contribution in [-0.2, 0) is 0 Å². The van der Waals surface area contributed by atoms with Crippen LogP contribution in [0.15, 0.2) is 16.6 Å². The average molecular weight is 301 g/mol.